The molecule has 0 bridgehead atoms. The maximum absolute atomic E-state index is 12.2. The van der Waals surface area contributed by atoms with E-state index in [0.29, 0.717) is 21.7 Å². The smallest absolute Gasteiger partial charge is 0.253 e. The molecule has 2 rings (SSSR count). The predicted octanol–water partition coefficient (Wildman–Crippen LogP) is 3.25. The molecular formula is C14H18Cl2N2O. The van der Waals surface area contributed by atoms with Gasteiger partial charge in [-0.3, -0.25) is 4.79 Å². The van der Waals surface area contributed by atoms with Gasteiger partial charge >= 0.3 is 0 Å². The lowest BCUT2D eigenvalue weighted by Gasteiger charge is -2.28. The first-order valence-corrected chi connectivity index (χ1v) is 7.29. The Labute approximate surface area is 123 Å². The van der Waals surface area contributed by atoms with E-state index in [1.807, 2.05) is 7.05 Å². The minimum atomic E-state index is -0.139. The van der Waals surface area contributed by atoms with Gasteiger partial charge in [-0.05, 0) is 50.9 Å². The third kappa shape index (κ3) is 3.85. The summed E-state index contributed by atoms with van der Waals surface area (Å²) in [4.78, 5) is 12.2. The van der Waals surface area contributed by atoms with Crippen molar-refractivity contribution in [1.82, 2.24) is 10.6 Å². The molecule has 1 aliphatic rings. The number of halogens is 2. The van der Waals surface area contributed by atoms with Crippen LogP contribution in [0.2, 0.25) is 10.0 Å². The van der Waals surface area contributed by atoms with Gasteiger partial charge in [-0.1, -0.05) is 23.2 Å². The number of carbonyl (C=O) groups is 1. The molecule has 2 N–H and O–H groups in total. The highest BCUT2D eigenvalue weighted by Crippen LogP contribution is 2.22. The maximum Gasteiger partial charge on any atom is 0.253 e. The molecule has 19 heavy (non-hydrogen) atoms. The quantitative estimate of drug-likeness (QED) is 0.900. The second kappa shape index (κ2) is 6.60. The second-order valence-corrected chi connectivity index (χ2v) is 5.78. The SMILES string of the molecule is CNC1CCC(NC(=O)c2cc(Cl)ccc2Cl)CC1. The van der Waals surface area contributed by atoms with Gasteiger partial charge in [0, 0.05) is 17.1 Å². The van der Waals surface area contributed by atoms with Crippen molar-refractivity contribution in [3.63, 3.8) is 0 Å². The van der Waals surface area contributed by atoms with Gasteiger partial charge in [-0.25, -0.2) is 0 Å². The first-order chi connectivity index (χ1) is 9.10. The van der Waals surface area contributed by atoms with E-state index in [-0.39, 0.29) is 11.9 Å². The van der Waals surface area contributed by atoms with Crippen LogP contribution in [-0.2, 0) is 0 Å². The highest BCUT2D eigenvalue weighted by molar-refractivity contribution is 6.35. The highest BCUT2D eigenvalue weighted by Gasteiger charge is 2.22. The zero-order valence-electron chi connectivity index (χ0n) is 10.9. The fraction of sp³-hybridized carbons (Fsp3) is 0.500. The number of benzene rings is 1. The molecule has 1 aromatic carbocycles. The summed E-state index contributed by atoms with van der Waals surface area (Å²) >= 11 is 11.9. The van der Waals surface area contributed by atoms with Crippen molar-refractivity contribution in [3.8, 4) is 0 Å². The summed E-state index contributed by atoms with van der Waals surface area (Å²) in [6, 6.07) is 5.74. The molecule has 0 radical (unpaired) electrons. The van der Waals surface area contributed by atoms with Crippen LogP contribution in [0.3, 0.4) is 0 Å². The van der Waals surface area contributed by atoms with E-state index in [1.165, 1.54) is 0 Å². The van der Waals surface area contributed by atoms with Gasteiger partial charge in [0.05, 0.1) is 10.6 Å². The zero-order valence-corrected chi connectivity index (χ0v) is 12.4. The molecule has 5 heteroatoms. The monoisotopic (exact) mass is 300 g/mol. The van der Waals surface area contributed by atoms with Gasteiger partial charge in [0.15, 0.2) is 0 Å². The van der Waals surface area contributed by atoms with E-state index in [4.69, 9.17) is 23.2 Å². The Hall–Kier alpha value is -0.770. The average molecular weight is 301 g/mol. The minimum Gasteiger partial charge on any atom is -0.349 e. The van der Waals surface area contributed by atoms with E-state index in [0.717, 1.165) is 25.7 Å². The molecule has 0 aliphatic heterocycles. The van der Waals surface area contributed by atoms with E-state index < -0.39 is 0 Å². The zero-order chi connectivity index (χ0) is 13.8. The number of amides is 1. The first-order valence-electron chi connectivity index (χ1n) is 6.53. The maximum atomic E-state index is 12.2. The molecule has 0 spiro atoms. The predicted molar refractivity (Wildman–Crippen MR) is 79.0 cm³/mol. The summed E-state index contributed by atoms with van der Waals surface area (Å²) in [5.41, 5.74) is 0.449. The molecule has 0 unspecified atom stereocenters. The standard InChI is InChI=1S/C14H18Cl2N2O/c1-17-10-3-5-11(6-4-10)18-14(19)12-8-9(15)2-7-13(12)16/h2,7-8,10-11,17H,3-6H2,1H3,(H,18,19). The summed E-state index contributed by atoms with van der Waals surface area (Å²) in [7, 11) is 1.98. The van der Waals surface area contributed by atoms with Gasteiger partial charge in [0.2, 0.25) is 0 Å². The van der Waals surface area contributed by atoms with Crippen molar-refractivity contribution in [2.45, 2.75) is 37.8 Å². The van der Waals surface area contributed by atoms with Crippen molar-refractivity contribution < 1.29 is 4.79 Å². The van der Waals surface area contributed by atoms with Gasteiger partial charge in [-0.15, -0.1) is 0 Å². The first kappa shape index (κ1) is 14.6. The summed E-state index contributed by atoms with van der Waals surface area (Å²) in [5, 5.41) is 7.27. The van der Waals surface area contributed by atoms with E-state index >= 15 is 0 Å². The van der Waals surface area contributed by atoms with E-state index in [1.54, 1.807) is 18.2 Å². The second-order valence-electron chi connectivity index (χ2n) is 4.93. The van der Waals surface area contributed by atoms with Crippen LogP contribution in [0.5, 0.6) is 0 Å². The van der Waals surface area contributed by atoms with Crippen molar-refractivity contribution in [1.29, 1.82) is 0 Å². The van der Waals surface area contributed by atoms with Crippen LogP contribution in [0.1, 0.15) is 36.0 Å². The largest absolute Gasteiger partial charge is 0.349 e. The van der Waals surface area contributed by atoms with Crippen LogP contribution < -0.4 is 10.6 Å². The Kier molecular flexibility index (Phi) is 5.08. The Balaban J connectivity index is 1.96. The molecule has 1 saturated carbocycles. The highest BCUT2D eigenvalue weighted by atomic mass is 35.5. The van der Waals surface area contributed by atoms with Gasteiger partial charge in [-0.2, -0.15) is 0 Å². The van der Waals surface area contributed by atoms with E-state index in [9.17, 15) is 4.79 Å². The molecule has 0 aromatic heterocycles. The molecule has 0 heterocycles. The van der Waals surface area contributed by atoms with Crippen molar-refractivity contribution in [2.24, 2.45) is 0 Å². The molecular weight excluding hydrogens is 283 g/mol. The molecule has 3 nitrogen and oxygen atoms in total. The third-order valence-electron chi connectivity index (χ3n) is 3.64. The summed E-state index contributed by atoms with van der Waals surface area (Å²) in [5.74, 6) is -0.139. The Morgan fingerprint density at radius 2 is 1.79 bits per heavy atom. The Bertz CT molecular complexity index is 457. The van der Waals surface area contributed by atoms with Crippen LogP contribution in [-0.4, -0.2) is 25.0 Å². The normalized spacial score (nSPS) is 23.1. The lowest BCUT2D eigenvalue weighted by molar-refractivity contribution is 0.0925. The van der Waals surface area contributed by atoms with Crippen LogP contribution >= 0.6 is 23.2 Å². The van der Waals surface area contributed by atoms with Crippen LogP contribution in [0.15, 0.2) is 18.2 Å². The van der Waals surface area contributed by atoms with Crippen LogP contribution in [0.25, 0.3) is 0 Å². The number of nitrogens with one attached hydrogen (secondary N) is 2. The lowest BCUT2D eigenvalue weighted by Crippen LogP contribution is -2.41. The summed E-state index contributed by atoms with van der Waals surface area (Å²) in [6.45, 7) is 0. The van der Waals surface area contributed by atoms with Gasteiger partial charge in [0.1, 0.15) is 0 Å². The molecule has 1 fully saturated rings. The van der Waals surface area contributed by atoms with Crippen molar-refractivity contribution >= 4 is 29.1 Å². The van der Waals surface area contributed by atoms with E-state index in [2.05, 4.69) is 10.6 Å². The summed E-state index contributed by atoms with van der Waals surface area (Å²) < 4.78 is 0. The molecule has 1 amide bonds. The molecule has 0 atom stereocenters. The Morgan fingerprint density at radius 1 is 1.16 bits per heavy atom. The average Bonchev–Trinajstić information content (AvgIpc) is 2.42. The lowest BCUT2D eigenvalue weighted by atomic mass is 9.91. The fourth-order valence-electron chi connectivity index (χ4n) is 2.46. The van der Waals surface area contributed by atoms with Crippen molar-refractivity contribution in [2.75, 3.05) is 7.05 Å². The third-order valence-corrected chi connectivity index (χ3v) is 4.21. The van der Waals surface area contributed by atoms with Gasteiger partial charge in [0.25, 0.3) is 5.91 Å². The number of hydrogen-bond donors (Lipinski definition) is 2. The van der Waals surface area contributed by atoms with Crippen LogP contribution in [0, 0.1) is 0 Å². The number of hydrogen-bond acceptors (Lipinski definition) is 2. The molecule has 0 saturated heterocycles. The topological polar surface area (TPSA) is 41.1 Å². The van der Waals surface area contributed by atoms with Crippen molar-refractivity contribution in [3.05, 3.63) is 33.8 Å². The number of rotatable bonds is 3. The van der Waals surface area contributed by atoms with Crippen LogP contribution in [0.4, 0.5) is 0 Å². The molecule has 104 valence electrons. The Morgan fingerprint density at radius 3 is 2.42 bits per heavy atom. The van der Waals surface area contributed by atoms with Gasteiger partial charge < -0.3 is 10.6 Å². The molecule has 1 aromatic rings. The molecule has 1 aliphatic carbocycles. The fourth-order valence-corrected chi connectivity index (χ4v) is 2.84. The minimum absolute atomic E-state index is 0.139. The summed E-state index contributed by atoms with van der Waals surface area (Å²) in [6.07, 6.45) is 4.17. The number of carbonyl (C=O) groups excluding carboxylic acids is 1.